The van der Waals surface area contributed by atoms with E-state index in [2.05, 4.69) is 39.4 Å². The third kappa shape index (κ3) is 3.51. The minimum atomic E-state index is -2.93. The number of anilines is 2. The Morgan fingerprint density at radius 3 is 2.54 bits per heavy atom. The van der Waals surface area contributed by atoms with Gasteiger partial charge in [-0.3, -0.25) is 14.5 Å². The van der Waals surface area contributed by atoms with Crippen LogP contribution in [0.3, 0.4) is 0 Å². The number of nitrogens with zero attached hydrogens (tertiary/aromatic N) is 8. The van der Waals surface area contributed by atoms with Gasteiger partial charge in [-0.2, -0.15) is 0 Å². The molecule has 7 rings (SSSR count). The summed E-state index contributed by atoms with van der Waals surface area (Å²) in [6.07, 6.45) is 3.60. The quantitative estimate of drug-likeness (QED) is 0.516. The summed E-state index contributed by atoms with van der Waals surface area (Å²) in [5.74, 6) is 3.00. The highest BCUT2D eigenvalue weighted by atomic mass is 35.5. The molecule has 1 spiro atoms. The van der Waals surface area contributed by atoms with Crippen LogP contribution in [0.4, 0.5) is 11.8 Å². The van der Waals surface area contributed by atoms with E-state index in [-0.39, 0.29) is 23.0 Å². The number of rotatable bonds is 3. The van der Waals surface area contributed by atoms with Crippen molar-refractivity contribution in [2.75, 3.05) is 47.5 Å². The summed E-state index contributed by atoms with van der Waals surface area (Å²) in [6, 6.07) is 5.88. The molecule has 2 aromatic heterocycles. The Bertz CT molecular complexity index is 1430. The molecule has 3 aromatic rings. The zero-order valence-electron chi connectivity index (χ0n) is 19.3. The number of sulfone groups is 1. The molecular weight excluding hydrogens is 488 g/mol. The Balaban J connectivity index is 1.14. The maximum Gasteiger partial charge on any atom is 0.231 e. The van der Waals surface area contributed by atoms with Crippen molar-refractivity contribution in [1.82, 2.24) is 29.6 Å². The van der Waals surface area contributed by atoms with E-state index < -0.39 is 9.84 Å². The van der Waals surface area contributed by atoms with Crippen molar-refractivity contribution in [3.05, 3.63) is 52.7 Å². The Labute approximate surface area is 208 Å². The van der Waals surface area contributed by atoms with Crippen LogP contribution in [0.25, 0.3) is 5.69 Å². The summed E-state index contributed by atoms with van der Waals surface area (Å²) in [6.45, 7) is 6.89. The lowest BCUT2D eigenvalue weighted by Gasteiger charge is -2.60. The second-order valence-corrected chi connectivity index (χ2v) is 13.0. The number of halogens is 1. The van der Waals surface area contributed by atoms with Crippen LogP contribution in [0.15, 0.2) is 30.6 Å². The molecule has 0 aliphatic carbocycles. The largest absolute Gasteiger partial charge is 0.354 e. The van der Waals surface area contributed by atoms with E-state index in [0.717, 1.165) is 60.7 Å². The van der Waals surface area contributed by atoms with Crippen LogP contribution in [0.5, 0.6) is 0 Å². The third-order valence-electron chi connectivity index (χ3n) is 7.58. The fraction of sp³-hybridized carbons (Fsp3) is 0.478. The Kier molecular flexibility index (Phi) is 4.53. The van der Waals surface area contributed by atoms with E-state index in [1.165, 1.54) is 0 Å². The number of aromatic nitrogens is 5. The van der Waals surface area contributed by atoms with E-state index in [1.807, 2.05) is 31.3 Å². The fourth-order valence-corrected chi connectivity index (χ4v) is 7.55. The van der Waals surface area contributed by atoms with Gasteiger partial charge in [0.2, 0.25) is 5.95 Å². The van der Waals surface area contributed by atoms with Crippen LogP contribution >= 0.6 is 11.6 Å². The van der Waals surface area contributed by atoms with Gasteiger partial charge in [0.05, 0.1) is 35.6 Å². The molecule has 182 valence electrons. The van der Waals surface area contributed by atoms with Crippen LogP contribution in [0, 0.1) is 12.3 Å². The predicted octanol–water partition coefficient (Wildman–Crippen LogP) is 1.46. The van der Waals surface area contributed by atoms with E-state index >= 15 is 0 Å². The smallest absolute Gasteiger partial charge is 0.231 e. The summed E-state index contributed by atoms with van der Waals surface area (Å²) < 4.78 is 25.8. The van der Waals surface area contributed by atoms with E-state index in [9.17, 15) is 8.42 Å². The van der Waals surface area contributed by atoms with Crippen molar-refractivity contribution in [3.63, 3.8) is 0 Å². The van der Waals surface area contributed by atoms with E-state index in [4.69, 9.17) is 11.6 Å². The van der Waals surface area contributed by atoms with Gasteiger partial charge >= 0.3 is 0 Å². The lowest BCUT2D eigenvalue weighted by molar-refractivity contribution is 0.153. The second-order valence-electron chi connectivity index (χ2n) is 10.4. The molecule has 12 heteroatoms. The molecule has 0 N–H and O–H groups in total. The molecule has 0 radical (unpaired) electrons. The molecule has 1 aromatic carbocycles. The maximum atomic E-state index is 11.8. The van der Waals surface area contributed by atoms with Crippen molar-refractivity contribution >= 4 is 33.2 Å². The highest BCUT2D eigenvalue weighted by Gasteiger charge is 2.53. The molecule has 0 bridgehead atoms. The average molecular weight is 513 g/mol. The fourth-order valence-electron chi connectivity index (χ4n) is 5.86. The molecule has 3 fully saturated rings. The first-order valence-corrected chi connectivity index (χ1v) is 13.9. The maximum absolute atomic E-state index is 11.8. The van der Waals surface area contributed by atoms with Gasteiger partial charge < -0.3 is 9.80 Å². The minimum absolute atomic E-state index is 0.00325. The zero-order valence-corrected chi connectivity index (χ0v) is 20.9. The molecular formula is C23H25ClN8O2S. The summed E-state index contributed by atoms with van der Waals surface area (Å²) in [5.41, 5.74) is 3.24. The zero-order chi connectivity index (χ0) is 23.9. The lowest BCUT2D eigenvalue weighted by Crippen LogP contribution is -2.73. The van der Waals surface area contributed by atoms with Gasteiger partial charge in [-0.25, -0.2) is 13.4 Å². The number of fused-ring (bicyclic) bond motifs is 3. The van der Waals surface area contributed by atoms with Gasteiger partial charge in [0.25, 0.3) is 0 Å². The number of hydrogen-bond donors (Lipinski definition) is 0. The molecule has 4 aliphatic heterocycles. The first-order chi connectivity index (χ1) is 16.8. The van der Waals surface area contributed by atoms with Crippen molar-refractivity contribution in [2.45, 2.75) is 26.1 Å². The summed E-state index contributed by atoms with van der Waals surface area (Å²) >= 11 is 6.35. The van der Waals surface area contributed by atoms with Gasteiger partial charge in [-0.15, -0.1) is 10.2 Å². The molecule has 0 amide bonds. The standard InChI is InChI=1S/C23H25ClN8O2S/c1-15-5-25-6-20(26-15)30-11-23(12-30)13-31(14-23)22-28-27-21-8-29(18-9-35(33,34)10-18)7-16-4-17(24)2-3-19(16)32(21)22/h2-6,18H,7-14H2,1H3. The third-order valence-corrected chi connectivity index (χ3v) is 9.60. The molecule has 35 heavy (non-hydrogen) atoms. The van der Waals surface area contributed by atoms with Crippen LogP contribution in [-0.4, -0.2) is 81.8 Å². The summed E-state index contributed by atoms with van der Waals surface area (Å²) in [7, 11) is -2.93. The number of hydrogen-bond acceptors (Lipinski definition) is 9. The lowest BCUT2D eigenvalue weighted by atomic mass is 9.73. The van der Waals surface area contributed by atoms with Gasteiger partial charge in [-0.1, -0.05) is 11.6 Å². The predicted molar refractivity (Wildman–Crippen MR) is 132 cm³/mol. The SMILES string of the molecule is Cc1cncc(N2CC3(C2)CN(c2nnc4n2-c2ccc(Cl)cc2CN(C2CS(=O)(=O)C2)C4)C3)n1. The van der Waals surface area contributed by atoms with Crippen molar-refractivity contribution < 1.29 is 8.42 Å². The Morgan fingerprint density at radius 1 is 1.03 bits per heavy atom. The summed E-state index contributed by atoms with van der Waals surface area (Å²) in [4.78, 5) is 15.6. The van der Waals surface area contributed by atoms with Crippen molar-refractivity contribution in [2.24, 2.45) is 5.41 Å². The average Bonchev–Trinajstić information content (AvgIpc) is 3.05. The highest BCUT2D eigenvalue weighted by Crippen LogP contribution is 2.44. The molecule has 0 unspecified atom stereocenters. The Morgan fingerprint density at radius 2 is 1.80 bits per heavy atom. The molecule has 4 aliphatic rings. The van der Waals surface area contributed by atoms with Crippen LogP contribution in [-0.2, 0) is 22.9 Å². The Hall–Kier alpha value is -2.76. The highest BCUT2D eigenvalue weighted by molar-refractivity contribution is 7.92. The monoisotopic (exact) mass is 512 g/mol. The van der Waals surface area contributed by atoms with Gasteiger partial charge in [0.1, 0.15) is 5.82 Å². The van der Waals surface area contributed by atoms with Gasteiger partial charge in [-0.05, 0) is 30.7 Å². The summed E-state index contributed by atoms with van der Waals surface area (Å²) in [5, 5.41) is 9.80. The topological polar surface area (TPSA) is 100 Å². The van der Waals surface area contributed by atoms with Gasteiger partial charge in [0, 0.05) is 55.4 Å². The number of benzene rings is 1. The molecule has 0 atom stereocenters. The van der Waals surface area contributed by atoms with Crippen LogP contribution in [0.1, 0.15) is 17.1 Å². The number of aryl methyl sites for hydroxylation is 1. The minimum Gasteiger partial charge on any atom is -0.354 e. The normalized spacial score (nSPS) is 22.6. The first-order valence-electron chi connectivity index (χ1n) is 11.7. The van der Waals surface area contributed by atoms with Crippen LogP contribution < -0.4 is 9.80 Å². The molecule has 6 heterocycles. The molecule has 3 saturated heterocycles. The van der Waals surface area contributed by atoms with E-state index in [0.29, 0.717) is 18.1 Å². The second kappa shape index (κ2) is 7.37. The first kappa shape index (κ1) is 21.5. The molecule has 10 nitrogen and oxygen atoms in total. The van der Waals surface area contributed by atoms with Crippen molar-refractivity contribution in [3.8, 4) is 5.69 Å². The van der Waals surface area contributed by atoms with Gasteiger partial charge in [0.15, 0.2) is 15.7 Å². The molecule has 0 saturated carbocycles. The van der Waals surface area contributed by atoms with E-state index in [1.54, 1.807) is 6.20 Å². The van der Waals surface area contributed by atoms with Crippen molar-refractivity contribution in [1.29, 1.82) is 0 Å². The van der Waals surface area contributed by atoms with Crippen LogP contribution in [0.2, 0.25) is 5.02 Å².